The molecule has 0 fully saturated rings. The van der Waals surface area contributed by atoms with E-state index < -0.39 is 0 Å². The second kappa shape index (κ2) is 8.17. The Hall–Kier alpha value is -1.20. The molecular formula is C15H25N3OS. The second-order valence-corrected chi connectivity index (χ2v) is 5.91. The third-order valence-corrected chi connectivity index (χ3v) is 4.21. The van der Waals surface area contributed by atoms with E-state index in [1.165, 1.54) is 0 Å². The van der Waals surface area contributed by atoms with Crippen molar-refractivity contribution in [3.63, 3.8) is 0 Å². The van der Waals surface area contributed by atoms with Crippen LogP contribution in [-0.4, -0.2) is 42.4 Å². The molecule has 5 heteroatoms. The molecule has 1 amide bonds. The zero-order chi connectivity index (χ0) is 15.1. The summed E-state index contributed by atoms with van der Waals surface area (Å²) in [6.45, 7) is 4.46. The maximum Gasteiger partial charge on any atom is 0.238 e. The maximum atomic E-state index is 12.1. The quantitative estimate of drug-likeness (QED) is 0.759. The first kappa shape index (κ1) is 16.9. The average Bonchev–Trinajstić information content (AvgIpc) is 2.41. The maximum absolute atomic E-state index is 12.1. The molecule has 0 aromatic heterocycles. The van der Waals surface area contributed by atoms with Crippen LogP contribution in [0.4, 0.5) is 11.4 Å². The van der Waals surface area contributed by atoms with E-state index in [0.717, 1.165) is 23.4 Å². The standard InChI is InChI=1S/C15H25N3OS/c1-5-12(10-20-4)18(3)9-15(19)17-14-8-6-7-13(16)11(14)2/h6-8,12H,5,9-10,16H2,1-4H3,(H,17,19). The molecular weight excluding hydrogens is 270 g/mol. The molecule has 3 N–H and O–H groups in total. The van der Waals surface area contributed by atoms with Crippen LogP contribution in [0.15, 0.2) is 18.2 Å². The number of hydrogen-bond donors (Lipinski definition) is 2. The Morgan fingerprint density at radius 3 is 2.80 bits per heavy atom. The number of likely N-dealkylation sites (N-methyl/N-ethyl adjacent to an activating group) is 1. The zero-order valence-corrected chi connectivity index (χ0v) is 13.6. The van der Waals surface area contributed by atoms with Crippen LogP contribution >= 0.6 is 11.8 Å². The van der Waals surface area contributed by atoms with E-state index in [1.807, 2.05) is 43.9 Å². The van der Waals surface area contributed by atoms with Gasteiger partial charge in [0.1, 0.15) is 0 Å². The van der Waals surface area contributed by atoms with E-state index in [4.69, 9.17) is 5.73 Å². The summed E-state index contributed by atoms with van der Waals surface area (Å²) in [6, 6.07) is 5.99. The normalized spacial score (nSPS) is 12.4. The number of thioether (sulfide) groups is 1. The first-order valence-electron chi connectivity index (χ1n) is 6.83. The number of amides is 1. The summed E-state index contributed by atoms with van der Waals surface area (Å²) in [4.78, 5) is 14.2. The van der Waals surface area contributed by atoms with Crippen LogP contribution in [0.25, 0.3) is 0 Å². The predicted octanol–water partition coefficient (Wildman–Crippen LogP) is 2.59. The number of nitrogens with zero attached hydrogens (tertiary/aromatic N) is 1. The van der Waals surface area contributed by atoms with Crippen LogP contribution in [-0.2, 0) is 4.79 Å². The summed E-state index contributed by atoms with van der Waals surface area (Å²) in [5.74, 6) is 1.04. The molecule has 0 saturated heterocycles. The minimum Gasteiger partial charge on any atom is -0.398 e. The molecule has 4 nitrogen and oxygen atoms in total. The van der Waals surface area contributed by atoms with Gasteiger partial charge >= 0.3 is 0 Å². The lowest BCUT2D eigenvalue weighted by Crippen LogP contribution is -2.39. The SMILES string of the molecule is CCC(CSC)N(C)CC(=O)Nc1cccc(N)c1C. The van der Waals surface area contributed by atoms with Crippen LogP contribution in [0.5, 0.6) is 0 Å². The van der Waals surface area contributed by atoms with Crippen molar-refractivity contribution in [1.82, 2.24) is 4.90 Å². The molecule has 1 aromatic rings. The minimum absolute atomic E-state index is 0.000697. The molecule has 20 heavy (non-hydrogen) atoms. The van der Waals surface area contributed by atoms with Crippen LogP contribution in [0.2, 0.25) is 0 Å². The number of nitrogen functional groups attached to an aromatic ring is 1. The summed E-state index contributed by atoms with van der Waals surface area (Å²) in [6.07, 6.45) is 3.13. The fraction of sp³-hybridized carbons (Fsp3) is 0.533. The van der Waals surface area contributed by atoms with Crippen molar-refractivity contribution in [2.75, 3.05) is 36.7 Å². The number of benzene rings is 1. The molecule has 0 heterocycles. The average molecular weight is 295 g/mol. The molecule has 0 aliphatic heterocycles. The largest absolute Gasteiger partial charge is 0.398 e. The molecule has 0 saturated carbocycles. The number of carbonyl (C=O) groups is 1. The first-order chi connectivity index (χ1) is 9.49. The second-order valence-electron chi connectivity index (χ2n) is 5.00. The first-order valence-corrected chi connectivity index (χ1v) is 8.23. The summed E-state index contributed by atoms with van der Waals surface area (Å²) in [5.41, 5.74) is 8.25. The van der Waals surface area contributed by atoms with Gasteiger partial charge in [-0.15, -0.1) is 0 Å². The van der Waals surface area contributed by atoms with Crippen molar-refractivity contribution in [3.8, 4) is 0 Å². The Bertz CT molecular complexity index is 451. The van der Waals surface area contributed by atoms with Gasteiger partial charge in [-0.2, -0.15) is 11.8 Å². The van der Waals surface area contributed by atoms with Crippen molar-refractivity contribution in [1.29, 1.82) is 0 Å². The van der Waals surface area contributed by atoms with Crippen LogP contribution < -0.4 is 11.1 Å². The van der Waals surface area contributed by atoms with Gasteiger partial charge < -0.3 is 11.1 Å². The van der Waals surface area contributed by atoms with E-state index in [0.29, 0.717) is 18.3 Å². The third-order valence-electron chi connectivity index (χ3n) is 3.50. The van der Waals surface area contributed by atoms with Gasteiger partial charge in [-0.05, 0) is 44.3 Å². The highest BCUT2D eigenvalue weighted by Crippen LogP contribution is 2.20. The zero-order valence-electron chi connectivity index (χ0n) is 12.8. The molecule has 1 aromatic carbocycles. The predicted molar refractivity (Wildman–Crippen MR) is 89.3 cm³/mol. The van der Waals surface area contributed by atoms with Gasteiger partial charge in [0.05, 0.1) is 6.54 Å². The molecule has 0 spiro atoms. The Morgan fingerprint density at radius 2 is 2.20 bits per heavy atom. The highest BCUT2D eigenvalue weighted by atomic mass is 32.2. The lowest BCUT2D eigenvalue weighted by Gasteiger charge is -2.26. The number of hydrogen-bond acceptors (Lipinski definition) is 4. The van der Waals surface area contributed by atoms with Gasteiger partial charge in [0.2, 0.25) is 5.91 Å². The molecule has 0 radical (unpaired) electrons. The highest BCUT2D eigenvalue weighted by molar-refractivity contribution is 7.98. The summed E-state index contributed by atoms with van der Waals surface area (Å²) >= 11 is 1.81. The Labute approximate surface area is 126 Å². The van der Waals surface area contributed by atoms with Crippen LogP contribution in [0.3, 0.4) is 0 Å². The smallest absolute Gasteiger partial charge is 0.238 e. The van der Waals surface area contributed by atoms with E-state index in [1.54, 1.807) is 0 Å². The number of nitrogens with one attached hydrogen (secondary N) is 1. The molecule has 1 unspecified atom stereocenters. The van der Waals surface area contributed by atoms with Crippen molar-refractivity contribution >= 4 is 29.0 Å². The lowest BCUT2D eigenvalue weighted by atomic mass is 10.1. The highest BCUT2D eigenvalue weighted by Gasteiger charge is 2.15. The van der Waals surface area contributed by atoms with E-state index in [2.05, 4.69) is 23.4 Å². The van der Waals surface area contributed by atoms with Gasteiger partial charge in [0.25, 0.3) is 0 Å². The number of nitrogens with two attached hydrogens (primary N) is 1. The Balaban J connectivity index is 2.61. The number of rotatable bonds is 7. The topological polar surface area (TPSA) is 58.4 Å². The van der Waals surface area contributed by atoms with Crippen LogP contribution in [0, 0.1) is 6.92 Å². The summed E-state index contributed by atoms with van der Waals surface area (Å²) < 4.78 is 0. The Kier molecular flexibility index (Phi) is 6.88. The Morgan fingerprint density at radius 1 is 1.50 bits per heavy atom. The van der Waals surface area contributed by atoms with Gasteiger partial charge in [-0.3, -0.25) is 9.69 Å². The fourth-order valence-electron chi connectivity index (χ4n) is 2.08. The molecule has 0 aliphatic rings. The van der Waals surface area contributed by atoms with Gasteiger partial charge in [0.15, 0.2) is 0 Å². The number of carbonyl (C=O) groups excluding carboxylic acids is 1. The minimum atomic E-state index is 0.000697. The number of anilines is 2. The van der Waals surface area contributed by atoms with Gasteiger partial charge in [-0.25, -0.2) is 0 Å². The van der Waals surface area contributed by atoms with Crippen molar-refractivity contribution in [2.24, 2.45) is 0 Å². The molecule has 112 valence electrons. The lowest BCUT2D eigenvalue weighted by molar-refractivity contribution is -0.117. The molecule has 1 atom stereocenters. The van der Waals surface area contributed by atoms with Gasteiger partial charge in [0, 0.05) is 23.2 Å². The molecule has 0 bridgehead atoms. The van der Waals surface area contributed by atoms with Crippen molar-refractivity contribution < 1.29 is 4.79 Å². The van der Waals surface area contributed by atoms with E-state index in [-0.39, 0.29) is 5.91 Å². The van der Waals surface area contributed by atoms with E-state index >= 15 is 0 Å². The molecule has 0 aliphatic carbocycles. The van der Waals surface area contributed by atoms with Crippen molar-refractivity contribution in [2.45, 2.75) is 26.3 Å². The monoisotopic (exact) mass is 295 g/mol. The van der Waals surface area contributed by atoms with Crippen molar-refractivity contribution in [3.05, 3.63) is 23.8 Å². The fourth-order valence-corrected chi connectivity index (χ4v) is 2.96. The van der Waals surface area contributed by atoms with Gasteiger partial charge in [-0.1, -0.05) is 13.0 Å². The van der Waals surface area contributed by atoms with E-state index in [9.17, 15) is 4.79 Å². The summed E-state index contributed by atoms with van der Waals surface area (Å²) in [7, 11) is 2.00. The summed E-state index contributed by atoms with van der Waals surface area (Å²) in [5, 5.41) is 2.94. The van der Waals surface area contributed by atoms with Crippen LogP contribution in [0.1, 0.15) is 18.9 Å². The molecule has 1 rings (SSSR count). The third kappa shape index (κ3) is 4.72.